The number of hydrogen-bond donors (Lipinski definition) is 2. The van der Waals surface area contributed by atoms with Gasteiger partial charge in [0, 0.05) is 28.7 Å². The first-order chi connectivity index (χ1) is 10.2. The molecule has 1 aromatic carbocycles. The molecule has 22 heavy (non-hydrogen) atoms. The third-order valence-electron chi connectivity index (χ3n) is 4.01. The fourth-order valence-electron chi connectivity index (χ4n) is 2.63. The number of unbranched alkanes of at least 4 members (excludes halogenated alkanes) is 4. The quantitative estimate of drug-likeness (QED) is 0.711. The summed E-state index contributed by atoms with van der Waals surface area (Å²) in [5, 5.41) is 4.22. The van der Waals surface area contributed by atoms with Gasteiger partial charge >= 0.3 is 0 Å². The normalized spacial score (nSPS) is 10.6. The van der Waals surface area contributed by atoms with Crippen LogP contribution >= 0.6 is 12.4 Å². The van der Waals surface area contributed by atoms with Crippen LogP contribution < -0.4 is 10.7 Å². The Morgan fingerprint density at radius 1 is 1.09 bits per heavy atom. The molecule has 0 unspecified atom stereocenters. The molecule has 0 atom stereocenters. The number of benzene rings is 1. The van der Waals surface area contributed by atoms with E-state index in [9.17, 15) is 4.79 Å². The Hall–Kier alpha value is -1.32. The van der Waals surface area contributed by atoms with E-state index in [1.165, 1.54) is 32.1 Å². The minimum atomic E-state index is 0. The maximum atomic E-state index is 12.3. The average molecular weight is 323 g/mol. The lowest BCUT2D eigenvalue weighted by Crippen LogP contribution is -2.20. The summed E-state index contributed by atoms with van der Waals surface area (Å²) < 4.78 is 0. The number of aromatic amines is 1. The number of para-hydroxylation sites is 1. The van der Waals surface area contributed by atoms with Gasteiger partial charge in [0.15, 0.2) is 5.43 Å². The van der Waals surface area contributed by atoms with Crippen LogP contribution in [0, 0.1) is 6.92 Å². The topological polar surface area (TPSA) is 44.9 Å². The summed E-state index contributed by atoms with van der Waals surface area (Å²) in [7, 11) is 0. The lowest BCUT2D eigenvalue weighted by molar-refractivity contribution is 0.579. The van der Waals surface area contributed by atoms with E-state index in [2.05, 4.69) is 17.2 Å². The molecule has 1 aromatic heterocycles. The summed E-state index contributed by atoms with van der Waals surface area (Å²) in [6.45, 7) is 5.89. The number of H-pyrrole nitrogens is 1. The molecule has 2 aromatic rings. The van der Waals surface area contributed by atoms with Gasteiger partial charge in [0.1, 0.15) is 0 Å². The highest BCUT2D eigenvalue weighted by Crippen LogP contribution is 2.10. The third kappa shape index (κ3) is 4.85. The molecule has 4 heteroatoms. The molecule has 1 heterocycles. The summed E-state index contributed by atoms with van der Waals surface area (Å²) in [4.78, 5) is 15.7. The van der Waals surface area contributed by atoms with Crippen molar-refractivity contribution in [3.05, 3.63) is 45.7 Å². The molecular formula is C18H27ClN2O. The van der Waals surface area contributed by atoms with Gasteiger partial charge in [-0.05, 0) is 32.0 Å². The van der Waals surface area contributed by atoms with E-state index in [1.807, 2.05) is 31.2 Å². The van der Waals surface area contributed by atoms with E-state index in [0.717, 1.165) is 35.2 Å². The Kier molecular flexibility index (Phi) is 8.21. The molecule has 0 bridgehead atoms. The summed E-state index contributed by atoms with van der Waals surface area (Å²) in [5.74, 6) is 0. The first-order valence-electron chi connectivity index (χ1n) is 8.05. The Morgan fingerprint density at radius 3 is 2.59 bits per heavy atom. The predicted molar refractivity (Wildman–Crippen MR) is 97.0 cm³/mol. The zero-order valence-electron chi connectivity index (χ0n) is 13.6. The van der Waals surface area contributed by atoms with Gasteiger partial charge < -0.3 is 10.3 Å². The summed E-state index contributed by atoms with van der Waals surface area (Å²) in [5.41, 5.74) is 2.90. The monoisotopic (exact) mass is 322 g/mol. The molecule has 122 valence electrons. The Morgan fingerprint density at radius 2 is 1.82 bits per heavy atom. The number of pyridine rings is 1. The van der Waals surface area contributed by atoms with Crippen LogP contribution in [0.5, 0.6) is 0 Å². The lowest BCUT2D eigenvalue weighted by Gasteiger charge is -2.09. The van der Waals surface area contributed by atoms with Crippen LogP contribution in [-0.4, -0.2) is 11.5 Å². The van der Waals surface area contributed by atoms with E-state index in [1.54, 1.807) is 0 Å². The summed E-state index contributed by atoms with van der Waals surface area (Å²) >= 11 is 0. The van der Waals surface area contributed by atoms with Gasteiger partial charge in [-0.25, -0.2) is 0 Å². The molecule has 2 rings (SSSR count). The van der Waals surface area contributed by atoms with Crippen LogP contribution in [0.25, 0.3) is 10.9 Å². The Balaban J connectivity index is 0.00000242. The third-order valence-corrected chi connectivity index (χ3v) is 4.01. The number of hydrogen-bond acceptors (Lipinski definition) is 2. The van der Waals surface area contributed by atoms with Crippen molar-refractivity contribution in [2.45, 2.75) is 52.5 Å². The van der Waals surface area contributed by atoms with E-state index in [0.29, 0.717) is 0 Å². The number of nitrogens with one attached hydrogen (secondary N) is 2. The van der Waals surface area contributed by atoms with Crippen LogP contribution in [0.1, 0.15) is 50.3 Å². The van der Waals surface area contributed by atoms with Crippen molar-refractivity contribution in [2.24, 2.45) is 0 Å². The maximum absolute atomic E-state index is 12.3. The fraction of sp³-hybridized carbons (Fsp3) is 0.500. The molecule has 0 spiro atoms. The minimum absolute atomic E-state index is 0. The molecule has 0 aliphatic carbocycles. The number of aromatic nitrogens is 1. The van der Waals surface area contributed by atoms with Gasteiger partial charge in [-0.1, -0.05) is 44.7 Å². The molecule has 0 saturated carbocycles. The standard InChI is InChI=1S/C18H26N2O.ClH/c1-3-4-5-6-9-12-19-13-17-14(2)18(21)15-10-7-8-11-16(15)20-17;/h7-8,10-11,19H,3-6,9,12-13H2,1-2H3,(H,20,21);1H. The van der Waals surface area contributed by atoms with Gasteiger partial charge in [-0.15, -0.1) is 12.4 Å². The molecule has 0 fully saturated rings. The first kappa shape index (κ1) is 18.7. The van der Waals surface area contributed by atoms with Crippen molar-refractivity contribution in [3.8, 4) is 0 Å². The van der Waals surface area contributed by atoms with Gasteiger partial charge in [-0.3, -0.25) is 4.79 Å². The highest BCUT2D eigenvalue weighted by molar-refractivity contribution is 5.85. The van der Waals surface area contributed by atoms with Gasteiger partial charge in [0.25, 0.3) is 0 Å². The van der Waals surface area contributed by atoms with Gasteiger partial charge in [0.2, 0.25) is 0 Å². The molecule has 3 nitrogen and oxygen atoms in total. The molecule has 0 radical (unpaired) electrons. The molecular weight excluding hydrogens is 296 g/mol. The van der Waals surface area contributed by atoms with Gasteiger partial charge in [-0.2, -0.15) is 0 Å². The van der Waals surface area contributed by atoms with E-state index >= 15 is 0 Å². The van der Waals surface area contributed by atoms with Crippen molar-refractivity contribution < 1.29 is 0 Å². The van der Waals surface area contributed by atoms with Crippen molar-refractivity contribution in [2.75, 3.05) is 6.54 Å². The van der Waals surface area contributed by atoms with E-state index in [-0.39, 0.29) is 17.8 Å². The molecule has 0 aliphatic rings. The molecule has 0 amide bonds. The average Bonchev–Trinajstić information content (AvgIpc) is 2.51. The van der Waals surface area contributed by atoms with E-state index in [4.69, 9.17) is 0 Å². The van der Waals surface area contributed by atoms with Crippen molar-refractivity contribution in [1.29, 1.82) is 0 Å². The summed E-state index contributed by atoms with van der Waals surface area (Å²) in [6, 6.07) is 7.71. The molecule has 2 N–H and O–H groups in total. The minimum Gasteiger partial charge on any atom is -0.357 e. The molecule has 0 saturated heterocycles. The zero-order chi connectivity index (χ0) is 15.1. The second-order valence-electron chi connectivity index (χ2n) is 5.69. The zero-order valence-corrected chi connectivity index (χ0v) is 14.4. The number of halogens is 1. The maximum Gasteiger partial charge on any atom is 0.192 e. The fourth-order valence-corrected chi connectivity index (χ4v) is 2.63. The second kappa shape index (κ2) is 9.65. The van der Waals surface area contributed by atoms with Crippen LogP contribution in [0.4, 0.5) is 0 Å². The first-order valence-corrected chi connectivity index (χ1v) is 8.05. The Bertz CT molecular complexity index is 637. The number of rotatable bonds is 8. The Labute approximate surface area is 138 Å². The van der Waals surface area contributed by atoms with E-state index < -0.39 is 0 Å². The van der Waals surface area contributed by atoms with Crippen LogP contribution in [0.3, 0.4) is 0 Å². The van der Waals surface area contributed by atoms with Gasteiger partial charge in [0.05, 0.1) is 0 Å². The summed E-state index contributed by atoms with van der Waals surface area (Å²) in [6.07, 6.45) is 6.43. The highest BCUT2D eigenvalue weighted by Gasteiger charge is 2.07. The predicted octanol–water partition coefficient (Wildman–Crippen LogP) is 4.32. The number of fused-ring (bicyclic) bond motifs is 1. The lowest BCUT2D eigenvalue weighted by atomic mass is 10.1. The van der Waals surface area contributed by atoms with Crippen LogP contribution in [0.15, 0.2) is 29.1 Å². The van der Waals surface area contributed by atoms with Crippen molar-refractivity contribution in [3.63, 3.8) is 0 Å². The second-order valence-corrected chi connectivity index (χ2v) is 5.69. The molecule has 0 aliphatic heterocycles. The highest BCUT2D eigenvalue weighted by atomic mass is 35.5. The smallest absolute Gasteiger partial charge is 0.192 e. The van der Waals surface area contributed by atoms with Crippen molar-refractivity contribution >= 4 is 23.3 Å². The largest absolute Gasteiger partial charge is 0.357 e. The SMILES string of the molecule is CCCCCCCNCc1[nH]c2ccccc2c(=O)c1C.Cl. The van der Waals surface area contributed by atoms with Crippen LogP contribution in [0.2, 0.25) is 0 Å². The van der Waals surface area contributed by atoms with Crippen molar-refractivity contribution in [1.82, 2.24) is 10.3 Å². The van der Waals surface area contributed by atoms with Crippen LogP contribution in [-0.2, 0) is 6.54 Å².